The van der Waals surface area contributed by atoms with Crippen molar-refractivity contribution in [1.82, 2.24) is 9.88 Å². The number of benzene rings is 1. The van der Waals surface area contributed by atoms with E-state index in [1.807, 2.05) is 18.2 Å². The number of aromatic nitrogens is 1. The van der Waals surface area contributed by atoms with Crippen LogP contribution in [0.3, 0.4) is 0 Å². The van der Waals surface area contributed by atoms with E-state index in [9.17, 15) is 14.7 Å². The van der Waals surface area contributed by atoms with Crippen molar-refractivity contribution in [1.29, 1.82) is 0 Å². The van der Waals surface area contributed by atoms with Gasteiger partial charge in [0, 0.05) is 23.9 Å². The average Bonchev–Trinajstić information content (AvgIpc) is 3.28. The predicted octanol–water partition coefficient (Wildman–Crippen LogP) is 3.08. The molecule has 1 N–H and O–H groups in total. The second kappa shape index (κ2) is 7.02. The van der Waals surface area contributed by atoms with E-state index in [1.165, 1.54) is 0 Å². The molecule has 6 heteroatoms. The third-order valence-corrected chi connectivity index (χ3v) is 5.79. The van der Waals surface area contributed by atoms with Crippen LogP contribution in [0.5, 0.6) is 5.75 Å². The molecule has 27 heavy (non-hydrogen) atoms. The fourth-order valence-corrected chi connectivity index (χ4v) is 4.56. The molecule has 140 valence electrons. The van der Waals surface area contributed by atoms with Crippen molar-refractivity contribution in [2.75, 3.05) is 13.7 Å². The maximum Gasteiger partial charge on any atom is 0.326 e. The van der Waals surface area contributed by atoms with Crippen molar-refractivity contribution in [3.63, 3.8) is 0 Å². The molecular weight excluding hydrogens is 344 g/mol. The first kappa shape index (κ1) is 17.5. The first-order chi connectivity index (χ1) is 13.1. The smallest absolute Gasteiger partial charge is 0.326 e. The summed E-state index contributed by atoms with van der Waals surface area (Å²) in [6.45, 7) is 0.519. The van der Waals surface area contributed by atoms with Crippen molar-refractivity contribution in [3.8, 4) is 17.0 Å². The van der Waals surface area contributed by atoms with Gasteiger partial charge in [0.05, 0.1) is 12.8 Å². The Morgan fingerprint density at radius 1 is 1.22 bits per heavy atom. The van der Waals surface area contributed by atoms with E-state index in [2.05, 4.69) is 4.98 Å². The summed E-state index contributed by atoms with van der Waals surface area (Å²) >= 11 is 0. The summed E-state index contributed by atoms with van der Waals surface area (Å²) < 4.78 is 5.42. The number of carboxylic acids is 1. The van der Waals surface area contributed by atoms with E-state index in [0.717, 1.165) is 24.8 Å². The Bertz CT molecular complexity index is 868. The molecule has 3 atom stereocenters. The Balaban J connectivity index is 1.69. The summed E-state index contributed by atoms with van der Waals surface area (Å²) in [5.41, 5.74) is 1.88. The highest BCUT2D eigenvalue weighted by atomic mass is 16.5. The molecule has 2 aromatic rings. The molecule has 1 saturated carbocycles. The normalized spacial score (nSPS) is 23.9. The van der Waals surface area contributed by atoms with Gasteiger partial charge < -0.3 is 14.7 Å². The van der Waals surface area contributed by atoms with E-state index < -0.39 is 12.0 Å². The van der Waals surface area contributed by atoms with Crippen LogP contribution in [0.1, 0.15) is 29.6 Å². The number of ether oxygens (including phenoxy) is 1. The maximum atomic E-state index is 13.2. The molecule has 2 aliphatic rings. The average molecular weight is 366 g/mol. The van der Waals surface area contributed by atoms with E-state index in [0.29, 0.717) is 29.5 Å². The topological polar surface area (TPSA) is 79.7 Å². The zero-order chi connectivity index (χ0) is 19.0. The number of methoxy groups -OCH3 is 1. The molecule has 6 nitrogen and oxygen atoms in total. The van der Waals surface area contributed by atoms with Gasteiger partial charge in [0.15, 0.2) is 0 Å². The first-order valence-electron chi connectivity index (χ1n) is 9.23. The van der Waals surface area contributed by atoms with Gasteiger partial charge in [0.2, 0.25) is 0 Å². The van der Waals surface area contributed by atoms with Gasteiger partial charge in [0.25, 0.3) is 5.91 Å². The molecule has 1 aliphatic carbocycles. The van der Waals surface area contributed by atoms with Gasteiger partial charge in [-0.1, -0.05) is 12.5 Å². The fourth-order valence-electron chi connectivity index (χ4n) is 4.56. The van der Waals surface area contributed by atoms with E-state index in [4.69, 9.17) is 4.74 Å². The molecule has 2 heterocycles. The summed E-state index contributed by atoms with van der Waals surface area (Å²) in [4.78, 5) is 30.9. The van der Waals surface area contributed by atoms with E-state index in [1.54, 1.807) is 36.4 Å². The number of aliphatic carboxylic acids is 1. The van der Waals surface area contributed by atoms with E-state index >= 15 is 0 Å². The monoisotopic (exact) mass is 366 g/mol. The number of carbonyl (C=O) groups excluding carboxylic acids is 1. The molecule has 4 rings (SSSR count). The number of pyridine rings is 1. The molecule has 0 bridgehead atoms. The molecule has 0 spiro atoms. The second-order valence-corrected chi connectivity index (χ2v) is 7.23. The van der Waals surface area contributed by atoms with Crippen molar-refractivity contribution in [3.05, 3.63) is 48.2 Å². The Labute approximate surface area is 157 Å². The van der Waals surface area contributed by atoms with Crippen molar-refractivity contribution >= 4 is 11.9 Å². The van der Waals surface area contributed by atoms with Crippen LogP contribution in [0.15, 0.2) is 42.6 Å². The van der Waals surface area contributed by atoms with Crippen LogP contribution in [0.2, 0.25) is 0 Å². The van der Waals surface area contributed by atoms with Gasteiger partial charge in [-0.05, 0) is 55.0 Å². The lowest BCUT2D eigenvalue weighted by Gasteiger charge is -2.24. The number of hydrogen-bond donors (Lipinski definition) is 1. The highest BCUT2D eigenvalue weighted by molar-refractivity contribution is 5.98. The lowest BCUT2D eigenvalue weighted by molar-refractivity contribution is -0.142. The predicted molar refractivity (Wildman–Crippen MR) is 99.5 cm³/mol. The number of fused-ring (bicyclic) bond motifs is 1. The summed E-state index contributed by atoms with van der Waals surface area (Å²) in [5.74, 6) is -0.158. The quantitative estimate of drug-likeness (QED) is 0.899. The van der Waals surface area contributed by atoms with Crippen LogP contribution in [0, 0.1) is 11.8 Å². The minimum Gasteiger partial charge on any atom is -0.496 e. The van der Waals surface area contributed by atoms with Gasteiger partial charge in [-0.2, -0.15) is 0 Å². The minimum absolute atomic E-state index is 0.0694. The van der Waals surface area contributed by atoms with Gasteiger partial charge in [-0.25, -0.2) is 4.79 Å². The largest absolute Gasteiger partial charge is 0.496 e. The lowest BCUT2D eigenvalue weighted by Crippen LogP contribution is -2.43. The van der Waals surface area contributed by atoms with Crippen LogP contribution in [0.4, 0.5) is 0 Å². The highest BCUT2D eigenvalue weighted by Crippen LogP contribution is 2.43. The van der Waals surface area contributed by atoms with Crippen LogP contribution < -0.4 is 4.74 Å². The number of likely N-dealkylation sites (tertiary alicyclic amines) is 1. The van der Waals surface area contributed by atoms with Crippen molar-refractivity contribution in [2.24, 2.45) is 11.8 Å². The Hall–Kier alpha value is -2.89. The number of amides is 1. The van der Waals surface area contributed by atoms with Crippen molar-refractivity contribution < 1.29 is 19.4 Å². The zero-order valence-corrected chi connectivity index (χ0v) is 15.2. The van der Waals surface area contributed by atoms with Gasteiger partial charge in [-0.15, -0.1) is 0 Å². The van der Waals surface area contributed by atoms with Gasteiger partial charge in [-0.3, -0.25) is 9.78 Å². The number of rotatable bonds is 4. The van der Waals surface area contributed by atoms with Crippen LogP contribution >= 0.6 is 0 Å². The summed E-state index contributed by atoms with van der Waals surface area (Å²) in [7, 11) is 1.57. The highest BCUT2D eigenvalue weighted by Gasteiger charge is 2.49. The Kier molecular flexibility index (Phi) is 4.56. The second-order valence-electron chi connectivity index (χ2n) is 7.23. The molecule has 1 amide bonds. The summed E-state index contributed by atoms with van der Waals surface area (Å²) in [6, 6.07) is 10.0. The minimum atomic E-state index is -0.906. The molecule has 1 aliphatic heterocycles. The Morgan fingerprint density at radius 2 is 2.07 bits per heavy atom. The Morgan fingerprint density at radius 3 is 2.78 bits per heavy atom. The number of nitrogens with zero attached hydrogens (tertiary/aromatic N) is 2. The molecule has 3 unspecified atom stereocenters. The molecule has 1 aromatic carbocycles. The SMILES string of the molecule is COc1ccc(C(=O)N2CC3CCCC3C2C(=O)O)cc1-c1ccccn1. The fraction of sp³-hybridized carbons (Fsp3) is 0.381. The van der Waals surface area contributed by atoms with Crippen LogP contribution in [-0.2, 0) is 4.79 Å². The zero-order valence-electron chi connectivity index (χ0n) is 15.2. The van der Waals surface area contributed by atoms with Gasteiger partial charge in [0.1, 0.15) is 11.8 Å². The van der Waals surface area contributed by atoms with Crippen LogP contribution in [-0.4, -0.2) is 46.6 Å². The molecule has 2 fully saturated rings. The number of carbonyl (C=O) groups is 2. The van der Waals surface area contributed by atoms with E-state index in [-0.39, 0.29) is 11.8 Å². The third kappa shape index (κ3) is 3.05. The summed E-state index contributed by atoms with van der Waals surface area (Å²) in [6.07, 6.45) is 4.62. The first-order valence-corrected chi connectivity index (χ1v) is 9.23. The maximum absolute atomic E-state index is 13.2. The molecule has 1 aromatic heterocycles. The standard InChI is InChI=1S/C21H22N2O4/c1-27-18-9-8-13(11-16(18)17-7-2-3-10-22-17)20(24)23-12-14-5-4-6-15(14)19(23)21(25)26/h2-3,7-11,14-15,19H,4-6,12H2,1H3,(H,25,26). The summed E-state index contributed by atoms with van der Waals surface area (Å²) in [5, 5.41) is 9.72. The number of hydrogen-bond acceptors (Lipinski definition) is 4. The number of carboxylic acid groups (broad SMARTS) is 1. The van der Waals surface area contributed by atoms with Crippen LogP contribution in [0.25, 0.3) is 11.3 Å². The third-order valence-electron chi connectivity index (χ3n) is 5.79. The van der Waals surface area contributed by atoms with Crippen molar-refractivity contribution in [2.45, 2.75) is 25.3 Å². The van der Waals surface area contributed by atoms with Gasteiger partial charge >= 0.3 is 5.97 Å². The molecule has 0 radical (unpaired) electrons. The lowest BCUT2D eigenvalue weighted by atomic mass is 9.94. The molecular formula is C21H22N2O4. The molecule has 1 saturated heterocycles.